The molecule has 1 aliphatic carbocycles. The minimum Gasteiger partial charge on any atom is -0.468 e. The normalized spacial score (nSPS) is 26.5. The molecule has 0 spiro atoms. The van der Waals surface area contributed by atoms with E-state index in [-0.39, 0.29) is 6.10 Å². The predicted octanol–water partition coefficient (Wildman–Crippen LogP) is 2.08. The molecule has 136 valence electrons. The molecular formula is C19H28N4O2. The number of hydrogen-bond acceptors (Lipinski definition) is 5. The van der Waals surface area contributed by atoms with Gasteiger partial charge in [0.2, 0.25) is 0 Å². The van der Waals surface area contributed by atoms with Crippen molar-refractivity contribution in [2.45, 2.75) is 50.4 Å². The highest BCUT2D eigenvalue weighted by atomic mass is 16.3. The Balaban J connectivity index is 1.33. The van der Waals surface area contributed by atoms with Crippen molar-refractivity contribution >= 4 is 0 Å². The van der Waals surface area contributed by atoms with Gasteiger partial charge in [-0.1, -0.05) is 0 Å². The van der Waals surface area contributed by atoms with Crippen LogP contribution < -0.4 is 5.32 Å². The fourth-order valence-electron chi connectivity index (χ4n) is 4.14. The van der Waals surface area contributed by atoms with Gasteiger partial charge in [0, 0.05) is 44.0 Å². The first kappa shape index (κ1) is 16.8. The lowest BCUT2D eigenvalue weighted by molar-refractivity contribution is 0.0195. The molecule has 3 heterocycles. The van der Waals surface area contributed by atoms with Crippen molar-refractivity contribution in [3.05, 3.63) is 42.1 Å². The first-order valence-corrected chi connectivity index (χ1v) is 9.35. The highest BCUT2D eigenvalue weighted by Crippen LogP contribution is 2.38. The lowest BCUT2D eigenvalue weighted by Crippen LogP contribution is -2.47. The molecule has 1 aliphatic heterocycles. The Bertz CT molecular complexity index is 655. The van der Waals surface area contributed by atoms with Crippen LogP contribution in [0.2, 0.25) is 0 Å². The summed E-state index contributed by atoms with van der Waals surface area (Å²) in [5, 5.41) is 17.9. The maximum atomic E-state index is 9.72. The van der Waals surface area contributed by atoms with Gasteiger partial charge in [-0.05, 0) is 43.7 Å². The van der Waals surface area contributed by atoms with E-state index in [1.165, 1.54) is 5.56 Å². The van der Waals surface area contributed by atoms with Gasteiger partial charge >= 0.3 is 0 Å². The second-order valence-corrected chi connectivity index (χ2v) is 7.61. The van der Waals surface area contributed by atoms with E-state index in [4.69, 9.17) is 4.42 Å². The molecule has 1 saturated heterocycles. The van der Waals surface area contributed by atoms with Crippen molar-refractivity contribution in [2.24, 2.45) is 13.0 Å². The topological polar surface area (TPSA) is 66.5 Å². The lowest BCUT2D eigenvalue weighted by atomic mass is 9.75. The van der Waals surface area contributed by atoms with Crippen LogP contribution in [-0.2, 0) is 13.6 Å². The van der Waals surface area contributed by atoms with Crippen LogP contribution in [-0.4, -0.2) is 45.0 Å². The zero-order valence-electron chi connectivity index (χ0n) is 14.8. The van der Waals surface area contributed by atoms with Gasteiger partial charge < -0.3 is 14.8 Å². The van der Waals surface area contributed by atoms with E-state index >= 15 is 0 Å². The van der Waals surface area contributed by atoms with Crippen LogP contribution in [0, 0.1) is 5.92 Å². The molecule has 4 rings (SSSR count). The molecule has 2 fully saturated rings. The van der Waals surface area contributed by atoms with Gasteiger partial charge in [-0.3, -0.25) is 9.58 Å². The molecular weight excluding hydrogens is 316 g/mol. The molecule has 0 aromatic carbocycles. The Hall–Kier alpha value is -1.63. The van der Waals surface area contributed by atoms with Gasteiger partial charge in [-0.2, -0.15) is 5.10 Å². The second kappa shape index (κ2) is 7.32. The molecule has 6 heteroatoms. The average Bonchev–Trinajstić information content (AvgIpc) is 3.23. The highest BCUT2D eigenvalue weighted by molar-refractivity contribution is 5.14. The highest BCUT2D eigenvalue weighted by Gasteiger charge is 2.36. The smallest absolute Gasteiger partial charge is 0.117 e. The van der Waals surface area contributed by atoms with Crippen molar-refractivity contribution in [3.8, 4) is 0 Å². The summed E-state index contributed by atoms with van der Waals surface area (Å²) < 4.78 is 7.33. The quantitative estimate of drug-likeness (QED) is 0.840. The van der Waals surface area contributed by atoms with Crippen LogP contribution >= 0.6 is 0 Å². The molecule has 2 aromatic rings. The maximum Gasteiger partial charge on any atom is 0.117 e. The van der Waals surface area contributed by atoms with Crippen LogP contribution in [0.5, 0.6) is 0 Å². The van der Waals surface area contributed by atoms with Gasteiger partial charge in [0.25, 0.3) is 0 Å². The minimum atomic E-state index is -0.124. The Morgan fingerprint density at radius 2 is 2.16 bits per heavy atom. The number of rotatable bonds is 6. The monoisotopic (exact) mass is 344 g/mol. The number of aryl methyl sites for hydroxylation is 1. The third-order valence-electron chi connectivity index (χ3n) is 5.67. The number of aliphatic hydroxyl groups is 1. The van der Waals surface area contributed by atoms with E-state index in [9.17, 15) is 5.11 Å². The van der Waals surface area contributed by atoms with Crippen molar-refractivity contribution < 1.29 is 9.52 Å². The first-order valence-electron chi connectivity index (χ1n) is 9.35. The molecule has 0 unspecified atom stereocenters. The Kier molecular flexibility index (Phi) is 4.92. The van der Waals surface area contributed by atoms with Crippen molar-refractivity contribution in [2.75, 3.05) is 13.1 Å². The van der Waals surface area contributed by atoms with E-state index < -0.39 is 0 Å². The van der Waals surface area contributed by atoms with Crippen LogP contribution in [0.1, 0.15) is 43.0 Å². The zero-order valence-corrected chi connectivity index (χ0v) is 14.8. The fourth-order valence-corrected chi connectivity index (χ4v) is 4.14. The molecule has 1 atom stereocenters. The minimum absolute atomic E-state index is 0.124. The number of likely N-dealkylation sites (tertiary alicyclic amines) is 1. The molecule has 2 N–H and O–H groups in total. The summed E-state index contributed by atoms with van der Waals surface area (Å²) in [5.41, 5.74) is 1.25. The van der Waals surface area contributed by atoms with Crippen LogP contribution in [0.15, 0.2) is 35.2 Å². The third kappa shape index (κ3) is 3.97. The molecule has 6 nitrogen and oxygen atoms in total. The van der Waals surface area contributed by atoms with Gasteiger partial charge in [-0.25, -0.2) is 0 Å². The second-order valence-electron chi connectivity index (χ2n) is 7.61. The summed E-state index contributed by atoms with van der Waals surface area (Å²) >= 11 is 0. The zero-order chi connectivity index (χ0) is 17.2. The summed E-state index contributed by atoms with van der Waals surface area (Å²) in [4.78, 5) is 2.46. The maximum absolute atomic E-state index is 9.72. The first-order chi connectivity index (χ1) is 12.2. The van der Waals surface area contributed by atoms with Crippen molar-refractivity contribution in [3.63, 3.8) is 0 Å². The molecule has 25 heavy (non-hydrogen) atoms. The third-order valence-corrected chi connectivity index (χ3v) is 5.67. The number of aromatic nitrogens is 2. The van der Waals surface area contributed by atoms with Crippen molar-refractivity contribution in [1.82, 2.24) is 20.0 Å². The van der Waals surface area contributed by atoms with E-state index in [1.54, 1.807) is 6.26 Å². The van der Waals surface area contributed by atoms with Crippen LogP contribution in [0.4, 0.5) is 0 Å². The van der Waals surface area contributed by atoms with E-state index in [0.29, 0.717) is 18.0 Å². The Morgan fingerprint density at radius 3 is 2.76 bits per heavy atom. The predicted molar refractivity (Wildman–Crippen MR) is 94.8 cm³/mol. The lowest BCUT2D eigenvalue weighted by Gasteiger charge is -2.41. The number of aliphatic hydroxyl groups excluding tert-OH is 1. The summed E-state index contributed by atoms with van der Waals surface area (Å²) in [5.74, 6) is 1.56. The summed E-state index contributed by atoms with van der Waals surface area (Å²) in [6.45, 7) is 3.08. The van der Waals surface area contributed by atoms with E-state index in [1.807, 2.05) is 30.1 Å². The van der Waals surface area contributed by atoms with Gasteiger partial charge in [-0.15, -0.1) is 0 Å². The summed E-state index contributed by atoms with van der Waals surface area (Å²) in [6, 6.07) is 4.83. The SMILES string of the molecule is Cn1cc([C@H](NC2CCN(Cc3ccco3)CC2)C2CC(O)C2)cn1. The number of hydrogen-bond donors (Lipinski definition) is 2. The van der Waals surface area contributed by atoms with Crippen LogP contribution in [0.3, 0.4) is 0 Å². The fraction of sp³-hybridized carbons (Fsp3) is 0.632. The number of piperidine rings is 1. The Labute approximate surface area is 148 Å². The molecule has 2 aliphatic rings. The van der Waals surface area contributed by atoms with Crippen molar-refractivity contribution in [1.29, 1.82) is 0 Å². The summed E-state index contributed by atoms with van der Waals surface area (Å²) in [6.07, 6.45) is 9.77. The van der Waals surface area contributed by atoms with E-state index in [0.717, 1.165) is 51.1 Å². The van der Waals surface area contributed by atoms with Gasteiger partial charge in [0.05, 0.1) is 25.1 Å². The standard InChI is InChI=1S/C19H28N4O2/c1-22-12-15(11-20-22)19(14-9-17(24)10-14)21-16-4-6-23(7-5-16)13-18-3-2-8-25-18/h2-3,8,11-12,14,16-17,19,21,24H,4-7,9-10,13H2,1H3/t14?,17?,19-/m1/s1. The molecule has 0 radical (unpaired) electrons. The number of furan rings is 1. The largest absolute Gasteiger partial charge is 0.468 e. The molecule has 1 saturated carbocycles. The molecule has 2 aromatic heterocycles. The number of nitrogens with one attached hydrogen (secondary N) is 1. The van der Waals surface area contributed by atoms with Gasteiger partial charge in [0.1, 0.15) is 5.76 Å². The number of nitrogens with zero attached hydrogens (tertiary/aromatic N) is 3. The van der Waals surface area contributed by atoms with Crippen LogP contribution in [0.25, 0.3) is 0 Å². The van der Waals surface area contributed by atoms with Gasteiger partial charge in [0.15, 0.2) is 0 Å². The summed E-state index contributed by atoms with van der Waals surface area (Å²) in [7, 11) is 1.96. The van der Waals surface area contributed by atoms with E-state index in [2.05, 4.69) is 21.5 Å². The Morgan fingerprint density at radius 1 is 1.36 bits per heavy atom. The average molecular weight is 344 g/mol. The molecule has 0 bridgehead atoms. The molecule has 0 amide bonds.